The molecule has 0 aliphatic heterocycles. The molecule has 0 spiro atoms. The van der Waals surface area contributed by atoms with Crippen molar-refractivity contribution in [2.24, 2.45) is 11.7 Å². The van der Waals surface area contributed by atoms with Crippen LogP contribution in [0.1, 0.15) is 37.2 Å². The maximum absolute atomic E-state index is 13.1. The van der Waals surface area contributed by atoms with Gasteiger partial charge in [0.05, 0.1) is 0 Å². The number of halogens is 1. The van der Waals surface area contributed by atoms with E-state index in [1.807, 2.05) is 0 Å². The zero-order chi connectivity index (χ0) is 11.5. The van der Waals surface area contributed by atoms with Crippen LogP contribution in [0.25, 0.3) is 0 Å². The summed E-state index contributed by atoms with van der Waals surface area (Å²) in [6.45, 7) is 0.738. The van der Waals surface area contributed by atoms with Crippen LogP contribution in [0.5, 0.6) is 5.75 Å². The molecule has 3 N–H and O–H groups in total. The van der Waals surface area contributed by atoms with E-state index in [1.165, 1.54) is 18.2 Å². The molecular weight excluding hydrogens is 205 g/mol. The first-order chi connectivity index (χ1) is 7.70. The lowest BCUT2D eigenvalue weighted by atomic mass is 9.78. The molecule has 0 aromatic heterocycles. The van der Waals surface area contributed by atoms with Crippen molar-refractivity contribution in [2.75, 3.05) is 6.54 Å². The summed E-state index contributed by atoms with van der Waals surface area (Å²) in [6, 6.07) is 4.20. The van der Waals surface area contributed by atoms with E-state index in [2.05, 4.69) is 0 Å². The van der Waals surface area contributed by atoms with Crippen LogP contribution in [0.15, 0.2) is 18.2 Å². The van der Waals surface area contributed by atoms with Crippen molar-refractivity contribution < 1.29 is 9.50 Å². The first kappa shape index (κ1) is 11.4. The Morgan fingerprint density at radius 1 is 1.25 bits per heavy atom. The molecule has 0 atom stereocenters. The van der Waals surface area contributed by atoms with E-state index in [4.69, 9.17) is 5.73 Å². The average Bonchev–Trinajstić information content (AvgIpc) is 2.32. The number of benzene rings is 1. The molecule has 0 heterocycles. The van der Waals surface area contributed by atoms with Crippen LogP contribution in [0, 0.1) is 11.7 Å². The van der Waals surface area contributed by atoms with E-state index in [0.29, 0.717) is 11.8 Å². The second kappa shape index (κ2) is 4.83. The van der Waals surface area contributed by atoms with Gasteiger partial charge in [-0.2, -0.15) is 0 Å². The third kappa shape index (κ3) is 2.35. The molecule has 0 radical (unpaired) electrons. The molecule has 0 unspecified atom stereocenters. The Morgan fingerprint density at radius 3 is 2.56 bits per heavy atom. The van der Waals surface area contributed by atoms with Gasteiger partial charge in [0.25, 0.3) is 0 Å². The lowest BCUT2D eigenvalue weighted by Gasteiger charge is -2.28. The van der Waals surface area contributed by atoms with Gasteiger partial charge in [-0.05, 0) is 67.8 Å². The molecular formula is C13H18FNO. The summed E-state index contributed by atoms with van der Waals surface area (Å²) in [5, 5.41) is 9.72. The topological polar surface area (TPSA) is 46.2 Å². The highest BCUT2D eigenvalue weighted by Gasteiger charge is 2.23. The molecule has 0 saturated heterocycles. The van der Waals surface area contributed by atoms with E-state index in [9.17, 15) is 9.50 Å². The number of phenolic OH excluding ortho intramolecular Hbond substituents is 1. The third-order valence-corrected chi connectivity index (χ3v) is 3.61. The fraction of sp³-hybridized carbons (Fsp3) is 0.538. The van der Waals surface area contributed by atoms with Gasteiger partial charge in [0.15, 0.2) is 0 Å². The number of aromatic hydroxyl groups is 1. The number of hydrogen-bond acceptors (Lipinski definition) is 2. The van der Waals surface area contributed by atoms with Gasteiger partial charge >= 0.3 is 0 Å². The SMILES string of the molecule is NCC1CCC(c2cc(F)ccc2O)CC1. The molecule has 1 aromatic rings. The average molecular weight is 223 g/mol. The summed E-state index contributed by atoms with van der Waals surface area (Å²) in [6.07, 6.45) is 4.16. The fourth-order valence-electron chi connectivity index (χ4n) is 2.56. The van der Waals surface area contributed by atoms with E-state index in [1.54, 1.807) is 0 Å². The molecule has 0 bridgehead atoms. The molecule has 2 rings (SSSR count). The van der Waals surface area contributed by atoms with Crippen LogP contribution in [-0.2, 0) is 0 Å². The minimum atomic E-state index is -0.270. The summed E-state index contributed by atoms with van der Waals surface area (Å²) in [5.41, 5.74) is 6.39. The quantitative estimate of drug-likeness (QED) is 0.809. The smallest absolute Gasteiger partial charge is 0.123 e. The Kier molecular flexibility index (Phi) is 3.44. The van der Waals surface area contributed by atoms with Crippen LogP contribution in [0.2, 0.25) is 0 Å². The lowest BCUT2D eigenvalue weighted by Crippen LogP contribution is -2.20. The van der Waals surface area contributed by atoms with Crippen LogP contribution < -0.4 is 5.73 Å². The predicted molar refractivity (Wildman–Crippen MR) is 61.8 cm³/mol. The van der Waals surface area contributed by atoms with Crippen LogP contribution >= 0.6 is 0 Å². The van der Waals surface area contributed by atoms with Gasteiger partial charge in [0.2, 0.25) is 0 Å². The molecule has 1 saturated carbocycles. The Morgan fingerprint density at radius 2 is 1.94 bits per heavy atom. The van der Waals surface area contributed by atoms with Crippen molar-refractivity contribution in [3.63, 3.8) is 0 Å². The molecule has 2 nitrogen and oxygen atoms in total. The number of phenols is 1. The monoisotopic (exact) mass is 223 g/mol. The molecule has 3 heteroatoms. The van der Waals surface area contributed by atoms with Crippen molar-refractivity contribution in [2.45, 2.75) is 31.6 Å². The summed E-state index contributed by atoms with van der Waals surface area (Å²) >= 11 is 0. The van der Waals surface area contributed by atoms with Crippen molar-refractivity contribution in [1.29, 1.82) is 0 Å². The standard InChI is InChI=1S/C13H18FNO/c14-11-5-6-13(16)12(7-11)10-3-1-9(8-15)2-4-10/h5-7,9-10,16H,1-4,8,15H2. The van der Waals surface area contributed by atoms with Crippen LogP contribution in [0.4, 0.5) is 4.39 Å². The van der Waals surface area contributed by atoms with Gasteiger partial charge in [-0.25, -0.2) is 4.39 Å². The van der Waals surface area contributed by atoms with E-state index < -0.39 is 0 Å². The summed E-state index contributed by atoms with van der Waals surface area (Å²) in [4.78, 5) is 0. The highest BCUT2D eigenvalue weighted by Crippen LogP contribution is 2.39. The maximum atomic E-state index is 13.1. The first-order valence-electron chi connectivity index (χ1n) is 5.89. The molecule has 16 heavy (non-hydrogen) atoms. The first-order valence-corrected chi connectivity index (χ1v) is 5.89. The van der Waals surface area contributed by atoms with Gasteiger partial charge in [-0.3, -0.25) is 0 Å². The molecule has 1 fully saturated rings. The summed E-state index contributed by atoms with van der Waals surface area (Å²) in [7, 11) is 0. The minimum Gasteiger partial charge on any atom is -0.508 e. The van der Waals surface area contributed by atoms with Crippen LogP contribution in [0.3, 0.4) is 0 Å². The molecule has 1 aliphatic rings. The van der Waals surface area contributed by atoms with Crippen molar-refractivity contribution in [3.8, 4) is 5.75 Å². The second-order valence-electron chi connectivity index (χ2n) is 4.66. The fourth-order valence-corrected chi connectivity index (χ4v) is 2.56. The third-order valence-electron chi connectivity index (χ3n) is 3.61. The number of rotatable bonds is 2. The second-order valence-corrected chi connectivity index (χ2v) is 4.66. The van der Waals surface area contributed by atoms with Gasteiger partial charge in [-0.15, -0.1) is 0 Å². The van der Waals surface area contributed by atoms with Crippen LogP contribution in [-0.4, -0.2) is 11.7 Å². The highest BCUT2D eigenvalue weighted by molar-refractivity contribution is 5.35. The minimum absolute atomic E-state index is 0.220. The van der Waals surface area contributed by atoms with E-state index >= 15 is 0 Å². The van der Waals surface area contributed by atoms with Gasteiger partial charge in [0, 0.05) is 0 Å². The summed E-state index contributed by atoms with van der Waals surface area (Å²) in [5.74, 6) is 0.844. The van der Waals surface area contributed by atoms with E-state index in [0.717, 1.165) is 37.8 Å². The predicted octanol–water partition coefficient (Wildman–Crippen LogP) is 2.76. The largest absolute Gasteiger partial charge is 0.508 e. The Hall–Kier alpha value is -1.09. The summed E-state index contributed by atoms with van der Waals surface area (Å²) < 4.78 is 13.1. The van der Waals surface area contributed by atoms with Crippen molar-refractivity contribution >= 4 is 0 Å². The molecule has 1 aromatic carbocycles. The zero-order valence-corrected chi connectivity index (χ0v) is 9.32. The molecule has 1 aliphatic carbocycles. The normalized spacial score (nSPS) is 25.6. The molecule has 88 valence electrons. The van der Waals surface area contributed by atoms with Crippen molar-refractivity contribution in [1.82, 2.24) is 0 Å². The lowest BCUT2D eigenvalue weighted by molar-refractivity contribution is 0.326. The number of nitrogens with two attached hydrogens (primary N) is 1. The maximum Gasteiger partial charge on any atom is 0.123 e. The molecule has 0 amide bonds. The van der Waals surface area contributed by atoms with E-state index in [-0.39, 0.29) is 11.6 Å². The Balaban J connectivity index is 2.10. The Bertz CT molecular complexity index is 359. The van der Waals surface area contributed by atoms with Gasteiger partial charge < -0.3 is 10.8 Å². The Labute approximate surface area is 95.3 Å². The van der Waals surface area contributed by atoms with Crippen molar-refractivity contribution in [3.05, 3.63) is 29.6 Å². The van der Waals surface area contributed by atoms with Gasteiger partial charge in [-0.1, -0.05) is 0 Å². The zero-order valence-electron chi connectivity index (χ0n) is 9.32. The highest BCUT2D eigenvalue weighted by atomic mass is 19.1. The number of hydrogen-bond donors (Lipinski definition) is 2. The van der Waals surface area contributed by atoms with Gasteiger partial charge in [0.1, 0.15) is 11.6 Å².